The minimum atomic E-state index is -3.38. The lowest BCUT2D eigenvalue weighted by Gasteiger charge is -2.53. The SMILES string of the molecule is CS(=O)(=O)N1CCN(C(=O)Cc2ccc(Cl)c(Cl)c2)[C@@H]2[C@@H](C3CCCC3)COC[C@H]21. The van der Waals surface area contributed by atoms with Gasteiger partial charge < -0.3 is 9.64 Å². The van der Waals surface area contributed by atoms with E-state index in [0.717, 1.165) is 18.4 Å². The van der Waals surface area contributed by atoms with Crippen molar-refractivity contribution >= 4 is 39.1 Å². The fourth-order valence-corrected chi connectivity index (χ4v) is 6.86. The molecule has 2 aliphatic heterocycles. The van der Waals surface area contributed by atoms with Crippen molar-refractivity contribution in [3.05, 3.63) is 33.8 Å². The first kappa shape index (κ1) is 22.3. The van der Waals surface area contributed by atoms with Crippen molar-refractivity contribution in [3.63, 3.8) is 0 Å². The average molecular weight is 475 g/mol. The molecule has 166 valence electrons. The number of hydrogen-bond acceptors (Lipinski definition) is 4. The maximum absolute atomic E-state index is 13.4. The largest absolute Gasteiger partial charge is 0.379 e. The molecule has 1 aliphatic carbocycles. The number of fused-ring (bicyclic) bond motifs is 1. The monoisotopic (exact) mass is 474 g/mol. The second-order valence-electron chi connectivity index (χ2n) is 8.69. The number of rotatable bonds is 4. The summed E-state index contributed by atoms with van der Waals surface area (Å²) in [4.78, 5) is 15.3. The highest BCUT2D eigenvalue weighted by molar-refractivity contribution is 7.88. The van der Waals surface area contributed by atoms with E-state index in [1.165, 1.54) is 19.1 Å². The standard InChI is InChI=1S/C21H28Cl2N2O4S/c1-30(27,28)25-9-8-24(20(26)11-14-6-7-17(22)18(23)10-14)21-16(12-29-13-19(21)25)15-4-2-3-5-15/h6-7,10,15-16,19,21H,2-5,8-9,11-13H2,1H3/t16-,19-,21-/m1/s1. The molecule has 0 unspecified atom stereocenters. The van der Waals surface area contributed by atoms with Crippen molar-refractivity contribution in [2.75, 3.05) is 32.6 Å². The van der Waals surface area contributed by atoms with Gasteiger partial charge in [0.15, 0.2) is 0 Å². The molecule has 0 bridgehead atoms. The van der Waals surface area contributed by atoms with E-state index in [1.54, 1.807) is 16.4 Å². The molecule has 1 aromatic rings. The molecule has 0 radical (unpaired) electrons. The second-order valence-corrected chi connectivity index (χ2v) is 11.4. The Balaban J connectivity index is 1.62. The summed E-state index contributed by atoms with van der Waals surface area (Å²) in [6.07, 6.45) is 6.07. The predicted molar refractivity (Wildman–Crippen MR) is 117 cm³/mol. The van der Waals surface area contributed by atoms with E-state index in [1.807, 2.05) is 11.0 Å². The quantitative estimate of drug-likeness (QED) is 0.671. The van der Waals surface area contributed by atoms with Crippen LogP contribution in [0.5, 0.6) is 0 Å². The fourth-order valence-electron chi connectivity index (χ4n) is 5.45. The fraction of sp³-hybridized carbons (Fsp3) is 0.667. The molecule has 1 amide bonds. The minimum Gasteiger partial charge on any atom is -0.379 e. The molecule has 30 heavy (non-hydrogen) atoms. The molecule has 3 fully saturated rings. The number of benzene rings is 1. The molecule has 2 heterocycles. The molecule has 0 aromatic heterocycles. The maximum atomic E-state index is 13.4. The van der Waals surface area contributed by atoms with Crippen LogP contribution in [0.1, 0.15) is 31.2 Å². The first-order chi connectivity index (χ1) is 14.3. The van der Waals surface area contributed by atoms with Crippen molar-refractivity contribution in [2.24, 2.45) is 11.8 Å². The first-order valence-electron chi connectivity index (χ1n) is 10.5. The van der Waals surface area contributed by atoms with Crippen LogP contribution in [0.15, 0.2) is 18.2 Å². The summed E-state index contributed by atoms with van der Waals surface area (Å²) in [5.41, 5.74) is 0.806. The van der Waals surface area contributed by atoms with Crippen molar-refractivity contribution in [3.8, 4) is 0 Å². The lowest BCUT2D eigenvalue weighted by atomic mass is 9.78. The number of hydrogen-bond donors (Lipinski definition) is 0. The molecule has 6 nitrogen and oxygen atoms in total. The normalized spacial score (nSPS) is 28.5. The topological polar surface area (TPSA) is 66.9 Å². The summed E-state index contributed by atoms with van der Waals surface area (Å²) in [5.74, 6) is 0.632. The van der Waals surface area contributed by atoms with Crippen LogP contribution in [0.4, 0.5) is 0 Å². The molecule has 3 aliphatic rings. The van der Waals surface area contributed by atoms with Gasteiger partial charge in [0.05, 0.1) is 48.0 Å². The van der Waals surface area contributed by atoms with Gasteiger partial charge in [0.1, 0.15) is 0 Å². The zero-order valence-corrected chi connectivity index (χ0v) is 19.4. The zero-order chi connectivity index (χ0) is 21.5. The van der Waals surface area contributed by atoms with Gasteiger partial charge in [-0.2, -0.15) is 4.31 Å². The molecular weight excluding hydrogens is 447 g/mol. The van der Waals surface area contributed by atoms with E-state index >= 15 is 0 Å². The Morgan fingerprint density at radius 1 is 1.13 bits per heavy atom. The molecule has 2 saturated heterocycles. The number of carbonyl (C=O) groups is 1. The van der Waals surface area contributed by atoms with E-state index in [4.69, 9.17) is 27.9 Å². The van der Waals surface area contributed by atoms with E-state index < -0.39 is 10.0 Å². The minimum absolute atomic E-state index is 0.00133. The molecule has 0 spiro atoms. The summed E-state index contributed by atoms with van der Waals surface area (Å²) in [6.45, 7) is 1.61. The van der Waals surface area contributed by atoms with Gasteiger partial charge in [0, 0.05) is 19.0 Å². The lowest BCUT2D eigenvalue weighted by Crippen LogP contribution is -2.68. The van der Waals surface area contributed by atoms with E-state index in [0.29, 0.717) is 42.3 Å². The first-order valence-corrected chi connectivity index (χ1v) is 13.1. The number of carbonyl (C=O) groups excluding carboxylic acids is 1. The van der Waals surface area contributed by atoms with Gasteiger partial charge in [-0.05, 0) is 23.6 Å². The summed E-state index contributed by atoms with van der Waals surface area (Å²) in [6, 6.07) is 4.76. The van der Waals surface area contributed by atoms with Gasteiger partial charge in [-0.15, -0.1) is 0 Å². The third-order valence-electron chi connectivity index (χ3n) is 6.81. The van der Waals surface area contributed by atoms with Gasteiger partial charge in [-0.25, -0.2) is 8.42 Å². The smallest absolute Gasteiger partial charge is 0.227 e. The summed E-state index contributed by atoms with van der Waals surface area (Å²) >= 11 is 12.1. The van der Waals surface area contributed by atoms with Gasteiger partial charge in [-0.1, -0.05) is 55.0 Å². The number of halogens is 2. The van der Waals surface area contributed by atoms with Crippen molar-refractivity contribution in [2.45, 2.75) is 44.2 Å². The highest BCUT2D eigenvalue weighted by atomic mass is 35.5. The van der Waals surface area contributed by atoms with Crippen molar-refractivity contribution in [1.82, 2.24) is 9.21 Å². The Bertz CT molecular complexity index is 904. The maximum Gasteiger partial charge on any atom is 0.227 e. The van der Waals surface area contributed by atoms with E-state index in [2.05, 4.69) is 0 Å². The Morgan fingerprint density at radius 2 is 1.87 bits per heavy atom. The number of piperazine rings is 1. The molecule has 1 aromatic carbocycles. The number of amides is 1. The van der Waals surface area contributed by atoms with Crippen LogP contribution in [0, 0.1) is 11.8 Å². The van der Waals surface area contributed by atoms with Gasteiger partial charge >= 0.3 is 0 Å². The van der Waals surface area contributed by atoms with Gasteiger partial charge in [0.25, 0.3) is 0 Å². The molecule has 0 N–H and O–H groups in total. The Labute approximate surface area is 188 Å². The van der Waals surface area contributed by atoms with Crippen LogP contribution in [0.2, 0.25) is 10.0 Å². The predicted octanol–water partition coefficient (Wildman–Crippen LogP) is 3.21. The third kappa shape index (κ3) is 4.51. The van der Waals surface area contributed by atoms with Gasteiger partial charge in [-0.3, -0.25) is 4.79 Å². The zero-order valence-electron chi connectivity index (χ0n) is 17.1. The average Bonchev–Trinajstić information content (AvgIpc) is 3.23. The van der Waals surface area contributed by atoms with Crippen LogP contribution in [0.25, 0.3) is 0 Å². The number of ether oxygens (including phenoxy) is 1. The summed E-state index contributed by atoms with van der Waals surface area (Å²) in [7, 11) is -3.38. The molecule has 3 atom stereocenters. The summed E-state index contributed by atoms with van der Waals surface area (Å²) in [5, 5.41) is 0.886. The van der Waals surface area contributed by atoms with Crippen LogP contribution in [-0.4, -0.2) is 68.2 Å². The van der Waals surface area contributed by atoms with Crippen molar-refractivity contribution < 1.29 is 17.9 Å². The highest BCUT2D eigenvalue weighted by Gasteiger charge is 2.50. The molecule has 9 heteroatoms. The Kier molecular flexibility index (Phi) is 6.66. The van der Waals surface area contributed by atoms with Crippen LogP contribution in [0.3, 0.4) is 0 Å². The molecular formula is C21H28Cl2N2O4S. The lowest BCUT2D eigenvalue weighted by molar-refractivity contribution is -0.148. The third-order valence-corrected chi connectivity index (χ3v) is 8.86. The van der Waals surface area contributed by atoms with E-state index in [9.17, 15) is 13.2 Å². The van der Waals surface area contributed by atoms with Gasteiger partial charge in [0.2, 0.25) is 15.9 Å². The number of nitrogens with zero attached hydrogens (tertiary/aromatic N) is 2. The number of sulfonamides is 1. The van der Waals surface area contributed by atoms with E-state index in [-0.39, 0.29) is 30.3 Å². The Hall–Kier alpha value is -0.860. The van der Waals surface area contributed by atoms with Crippen LogP contribution in [-0.2, 0) is 26.0 Å². The van der Waals surface area contributed by atoms with Crippen LogP contribution >= 0.6 is 23.2 Å². The molecule has 4 rings (SSSR count). The second kappa shape index (κ2) is 8.94. The Morgan fingerprint density at radius 3 is 2.53 bits per heavy atom. The molecule has 1 saturated carbocycles. The van der Waals surface area contributed by atoms with Crippen LogP contribution < -0.4 is 0 Å². The summed E-state index contributed by atoms with van der Waals surface area (Å²) < 4.78 is 32.3. The highest BCUT2D eigenvalue weighted by Crippen LogP contribution is 2.40. The van der Waals surface area contributed by atoms with Crippen molar-refractivity contribution in [1.29, 1.82) is 0 Å².